The quantitative estimate of drug-likeness (QED) is 0.767. The van der Waals surface area contributed by atoms with E-state index < -0.39 is 0 Å². The van der Waals surface area contributed by atoms with Gasteiger partial charge in [-0.25, -0.2) is 9.97 Å². The summed E-state index contributed by atoms with van der Waals surface area (Å²) in [5.74, 6) is 2.27. The Morgan fingerprint density at radius 2 is 2.31 bits per heavy atom. The van der Waals surface area contributed by atoms with Crippen LogP contribution >= 0.6 is 23.4 Å². The predicted octanol–water partition coefficient (Wildman–Crippen LogP) is 1.96. The van der Waals surface area contributed by atoms with Gasteiger partial charge in [-0.15, -0.1) is 0 Å². The van der Waals surface area contributed by atoms with Crippen LogP contribution in [0.25, 0.3) is 0 Å². The monoisotopic (exact) mass is 261 g/mol. The molecule has 6 heteroatoms. The second-order valence-electron chi connectivity index (χ2n) is 3.43. The molecule has 1 rings (SSSR count). The van der Waals surface area contributed by atoms with Crippen LogP contribution in [0.15, 0.2) is 6.07 Å². The summed E-state index contributed by atoms with van der Waals surface area (Å²) >= 11 is 7.57. The van der Waals surface area contributed by atoms with Gasteiger partial charge in [-0.2, -0.15) is 11.8 Å². The van der Waals surface area contributed by atoms with Gasteiger partial charge in [0.05, 0.1) is 0 Å². The van der Waals surface area contributed by atoms with Crippen molar-refractivity contribution in [3.8, 4) is 0 Å². The Labute approximate surface area is 105 Å². The van der Waals surface area contributed by atoms with E-state index in [2.05, 4.69) is 15.3 Å². The fourth-order valence-corrected chi connectivity index (χ4v) is 2.25. The molecule has 0 saturated carbocycles. The van der Waals surface area contributed by atoms with E-state index >= 15 is 0 Å². The van der Waals surface area contributed by atoms with Crippen LogP contribution in [0, 0.1) is 6.92 Å². The number of nitrogens with zero attached hydrogens (tertiary/aromatic N) is 2. The Kier molecular flexibility index (Phi) is 5.87. The molecule has 4 nitrogen and oxygen atoms in total. The average Bonchev–Trinajstić information content (AvgIpc) is 2.16. The van der Waals surface area contributed by atoms with Gasteiger partial charge in [0.15, 0.2) is 0 Å². The van der Waals surface area contributed by atoms with Gasteiger partial charge in [-0.3, -0.25) is 0 Å². The lowest BCUT2D eigenvalue weighted by atomic mass is 10.2. The number of nitrogens with one attached hydrogen (secondary N) is 1. The highest BCUT2D eigenvalue weighted by molar-refractivity contribution is 7.98. The minimum atomic E-state index is 0.163. The van der Waals surface area contributed by atoms with Crippen LogP contribution in [0.5, 0.6) is 0 Å². The van der Waals surface area contributed by atoms with Crippen LogP contribution in [-0.2, 0) is 0 Å². The normalized spacial score (nSPS) is 12.5. The maximum absolute atomic E-state index is 8.94. The van der Waals surface area contributed by atoms with Gasteiger partial charge in [-0.05, 0) is 19.6 Å². The lowest BCUT2D eigenvalue weighted by Gasteiger charge is -2.17. The number of hydrogen-bond acceptors (Lipinski definition) is 5. The van der Waals surface area contributed by atoms with Crippen LogP contribution in [0.2, 0.25) is 5.15 Å². The molecule has 0 saturated heterocycles. The van der Waals surface area contributed by atoms with Gasteiger partial charge in [0, 0.05) is 24.5 Å². The summed E-state index contributed by atoms with van der Waals surface area (Å²) in [6.07, 6.45) is 2.73. The van der Waals surface area contributed by atoms with E-state index in [-0.39, 0.29) is 12.6 Å². The highest BCUT2D eigenvalue weighted by atomic mass is 35.5. The molecule has 0 aliphatic heterocycles. The largest absolute Gasteiger partial charge is 0.396 e. The standard InChI is InChI=1S/C10H16ClN3OS/c1-7-12-9(11)5-10(13-7)14-8(3-4-15)6-16-2/h5,8,15H,3-4,6H2,1-2H3,(H,12,13,14)/t8-/m0/s1. The van der Waals surface area contributed by atoms with E-state index in [1.807, 2.05) is 6.26 Å². The van der Waals surface area contributed by atoms with E-state index in [0.29, 0.717) is 23.2 Å². The molecule has 0 aromatic carbocycles. The number of rotatable bonds is 6. The first-order valence-corrected chi connectivity index (χ1v) is 6.80. The molecule has 0 aliphatic carbocycles. The van der Waals surface area contributed by atoms with Crippen molar-refractivity contribution in [3.63, 3.8) is 0 Å². The van der Waals surface area contributed by atoms with E-state index in [9.17, 15) is 0 Å². The van der Waals surface area contributed by atoms with Crippen LogP contribution in [0.4, 0.5) is 5.82 Å². The highest BCUT2D eigenvalue weighted by Crippen LogP contribution is 2.14. The van der Waals surface area contributed by atoms with Gasteiger partial charge in [0.1, 0.15) is 16.8 Å². The number of hydrogen-bond donors (Lipinski definition) is 2. The van der Waals surface area contributed by atoms with Crippen LogP contribution in [0.3, 0.4) is 0 Å². The molecule has 1 atom stereocenters. The molecule has 16 heavy (non-hydrogen) atoms. The minimum absolute atomic E-state index is 0.163. The highest BCUT2D eigenvalue weighted by Gasteiger charge is 2.09. The van der Waals surface area contributed by atoms with Gasteiger partial charge < -0.3 is 10.4 Å². The third-order valence-corrected chi connectivity index (χ3v) is 2.93. The molecular formula is C10H16ClN3OS. The minimum Gasteiger partial charge on any atom is -0.396 e. The molecule has 1 aromatic rings. The van der Waals surface area contributed by atoms with E-state index in [0.717, 1.165) is 5.75 Å². The van der Waals surface area contributed by atoms with Crippen molar-refractivity contribution >= 4 is 29.2 Å². The van der Waals surface area contributed by atoms with Crippen molar-refractivity contribution in [2.24, 2.45) is 0 Å². The second kappa shape index (κ2) is 6.93. The molecule has 0 bridgehead atoms. The summed E-state index contributed by atoms with van der Waals surface area (Å²) < 4.78 is 0. The van der Waals surface area contributed by atoms with Gasteiger partial charge >= 0.3 is 0 Å². The van der Waals surface area contributed by atoms with Crippen molar-refractivity contribution < 1.29 is 5.11 Å². The number of thioether (sulfide) groups is 1. The lowest BCUT2D eigenvalue weighted by molar-refractivity contribution is 0.282. The Bertz CT molecular complexity index is 312. The van der Waals surface area contributed by atoms with Crippen LogP contribution < -0.4 is 5.32 Å². The summed E-state index contributed by atoms with van der Waals surface area (Å²) in [6.45, 7) is 1.96. The zero-order valence-corrected chi connectivity index (χ0v) is 11.0. The van der Waals surface area contributed by atoms with E-state index in [1.54, 1.807) is 24.8 Å². The average molecular weight is 262 g/mol. The molecule has 90 valence electrons. The summed E-state index contributed by atoms with van der Waals surface area (Å²) in [5, 5.41) is 12.6. The second-order valence-corrected chi connectivity index (χ2v) is 4.73. The first-order valence-electron chi connectivity index (χ1n) is 5.03. The molecule has 0 aliphatic rings. The molecule has 0 unspecified atom stereocenters. The number of halogens is 1. The molecule has 0 spiro atoms. The van der Waals surface area contributed by atoms with Crippen molar-refractivity contribution in [1.29, 1.82) is 0 Å². The third kappa shape index (κ3) is 4.55. The predicted molar refractivity (Wildman–Crippen MR) is 69.3 cm³/mol. The molecule has 0 fully saturated rings. The maximum atomic E-state index is 8.94. The zero-order chi connectivity index (χ0) is 12.0. The summed E-state index contributed by atoms with van der Waals surface area (Å²) in [5.41, 5.74) is 0. The Hall–Kier alpha value is -0.520. The summed E-state index contributed by atoms with van der Waals surface area (Å²) in [7, 11) is 0. The van der Waals surface area contributed by atoms with Crippen molar-refractivity contribution in [2.75, 3.05) is 23.9 Å². The van der Waals surface area contributed by atoms with Crippen molar-refractivity contribution in [3.05, 3.63) is 17.0 Å². The zero-order valence-electron chi connectivity index (χ0n) is 9.40. The third-order valence-electron chi connectivity index (χ3n) is 2.00. The molecule has 0 radical (unpaired) electrons. The summed E-state index contributed by atoms with van der Waals surface area (Å²) in [4.78, 5) is 8.23. The fraction of sp³-hybridized carbons (Fsp3) is 0.600. The number of aromatic nitrogens is 2. The van der Waals surface area contributed by atoms with Gasteiger partial charge in [-0.1, -0.05) is 11.6 Å². The summed E-state index contributed by atoms with van der Waals surface area (Å²) in [6, 6.07) is 1.89. The smallest absolute Gasteiger partial charge is 0.134 e. The van der Waals surface area contributed by atoms with Gasteiger partial charge in [0.2, 0.25) is 0 Å². The first-order chi connectivity index (χ1) is 7.65. The molecule has 1 heterocycles. The topological polar surface area (TPSA) is 58.0 Å². The molecule has 0 amide bonds. The fourth-order valence-electron chi connectivity index (χ4n) is 1.37. The number of anilines is 1. The first kappa shape index (κ1) is 13.5. The molecule has 2 N–H and O–H groups in total. The Morgan fingerprint density at radius 1 is 1.56 bits per heavy atom. The lowest BCUT2D eigenvalue weighted by Crippen LogP contribution is -2.24. The van der Waals surface area contributed by atoms with Crippen molar-refractivity contribution in [2.45, 2.75) is 19.4 Å². The van der Waals surface area contributed by atoms with Crippen LogP contribution in [-0.4, -0.2) is 39.7 Å². The van der Waals surface area contributed by atoms with Gasteiger partial charge in [0.25, 0.3) is 0 Å². The molecular weight excluding hydrogens is 246 g/mol. The Morgan fingerprint density at radius 3 is 2.88 bits per heavy atom. The SMILES string of the molecule is CSC[C@H](CCO)Nc1cc(Cl)nc(C)n1. The number of aryl methyl sites for hydroxylation is 1. The van der Waals surface area contributed by atoms with Crippen molar-refractivity contribution in [1.82, 2.24) is 9.97 Å². The number of aliphatic hydroxyl groups excluding tert-OH is 1. The van der Waals surface area contributed by atoms with Crippen LogP contribution in [0.1, 0.15) is 12.2 Å². The van der Waals surface area contributed by atoms with E-state index in [4.69, 9.17) is 16.7 Å². The maximum Gasteiger partial charge on any atom is 0.134 e. The number of aliphatic hydroxyl groups is 1. The molecule has 1 aromatic heterocycles. The van der Waals surface area contributed by atoms with E-state index in [1.165, 1.54) is 0 Å². The Balaban J connectivity index is 2.68.